The Balaban J connectivity index is 1.50. The first kappa shape index (κ1) is 16.6. The van der Waals surface area contributed by atoms with Crippen LogP contribution in [0.25, 0.3) is 0 Å². The molecule has 6 nitrogen and oxygen atoms in total. The first-order chi connectivity index (χ1) is 11.6. The number of carbonyl (C=O) groups is 2. The summed E-state index contributed by atoms with van der Waals surface area (Å²) in [6.45, 7) is 3.08. The normalized spacial score (nSPS) is 22.2. The van der Waals surface area contributed by atoms with Gasteiger partial charge in [0.05, 0.1) is 0 Å². The van der Waals surface area contributed by atoms with Gasteiger partial charge in [-0.2, -0.15) is 0 Å². The molecular formula is C18H26N4O2. The highest BCUT2D eigenvalue weighted by atomic mass is 16.2. The number of carbonyl (C=O) groups excluding carboxylic acids is 2. The van der Waals surface area contributed by atoms with Gasteiger partial charge in [0.15, 0.2) is 0 Å². The van der Waals surface area contributed by atoms with Gasteiger partial charge in [0.2, 0.25) is 5.91 Å². The minimum Gasteiger partial charge on any atom is -0.369 e. The molecule has 1 aromatic carbocycles. The number of primary amides is 1. The van der Waals surface area contributed by atoms with Crippen molar-refractivity contribution in [1.82, 2.24) is 10.2 Å². The molecule has 24 heavy (non-hydrogen) atoms. The minimum absolute atomic E-state index is 0.0159. The van der Waals surface area contributed by atoms with Crippen molar-refractivity contribution in [3.05, 3.63) is 30.3 Å². The van der Waals surface area contributed by atoms with Crippen molar-refractivity contribution in [2.45, 2.75) is 31.7 Å². The lowest BCUT2D eigenvalue weighted by Crippen LogP contribution is -2.53. The average Bonchev–Trinajstić information content (AvgIpc) is 2.63. The second-order valence-corrected chi connectivity index (χ2v) is 6.73. The lowest BCUT2D eigenvalue weighted by molar-refractivity contribution is -0.123. The second kappa shape index (κ2) is 7.55. The fourth-order valence-electron chi connectivity index (χ4n) is 3.60. The summed E-state index contributed by atoms with van der Waals surface area (Å²) >= 11 is 0. The Kier molecular flexibility index (Phi) is 5.23. The van der Waals surface area contributed by atoms with Gasteiger partial charge in [-0.3, -0.25) is 4.79 Å². The first-order valence-corrected chi connectivity index (χ1v) is 8.78. The summed E-state index contributed by atoms with van der Waals surface area (Å²) in [5, 5.41) is 3.16. The van der Waals surface area contributed by atoms with Crippen LogP contribution in [0.15, 0.2) is 30.3 Å². The van der Waals surface area contributed by atoms with Gasteiger partial charge in [-0.1, -0.05) is 18.2 Å². The van der Waals surface area contributed by atoms with E-state index in [1.54, 1.807) is 4.90 Å². The Morgan fingerprint density at radius 2 is 1.75 bits per heavy atom. The predicted molar refractivity (Wildman–Crippen MR) is 93.7 cm³/mol. The van der Waals surface area contributed by atoms with E-state index in [-0.39, 0.29) is 23.9 Å². The van der Waals surface area contributed by atoms with E-state index >= 15 is 0 Å². The molecule has 1 atom stereocenters. The molecule has 3 N–H and O–H groups in total. The molecule has 6 heteroatoms. The van der Waals surface area contributed by atoms with Crippen molar-refractivity contribution in [1.29, 1.82) is 0 Å². The van der Waals surface area contributed by atoms with Crippen LogP contribution in [-0.4, -0.2) is 49.1 Å². The van der Waals surface area contributed by atoms with Gasteiger partial charge in [0.25, 0.3) is 0 Å². The number of likely N-dealkylation sites (tertiary alicyclic amines) is 1. The van der Waals surface area contributed by atoms with Crippen molar-refractivity contribution in [2.24, 2.45) is 11.7 Å². The number of urea groups is 1. The van der Waals surface area contributed by atoms with E-state index in [2.05, 4.69) is 22.3 Å². The van der Waals surface area contributed by atoms with Crippen LogP contribution in [0.1, 0.15) is 25.7 Å². The maximum atomic E-state index is 12.5. The summed E-state index contributed by atoms with van der Waals surface area (Å²) in [7, 11) is 0. The molecule has 0 aromatic heterocycles. The number of nitrogens with one attached hydrogen (secondary N) is 1. The highest BCUT2D eigenvalue weighted by Crippen LogP contribution is 2.20. The summed E-state index contributed by atoms with van der Waals surface area (Å²) in [6, 6.07) is 10.5. The van der Waals surface area contributed by atoms with Gasteiger partial charge >= 0.3 is 6.03 Å². The first-order valence-electron chi connectivity index (χ1n) is 8.78. The molecular weight excluding hydrogens is 304 g/mol. The molecule has 1 unspecified atom stereocenters. The lowest BCUT2D eigenvalue weighted by Gasteiger charge is -2.37. The molecule has 0 aliphatic carbocycles. The van der Waals surface area contributed by atoms with Crippen molar-refractivity contribution in [2.75, 3.05) is 31.1 Å². The van der Waals surface area contributed by atoms with E-state index in [1.165, 1.54) is 5.69 Å². The van der Waals surface area contributed by atoms with Crippen LogP contribution < -0.4 is 16.0 Å². The molecule has 2 aliphatic heterocycles. The second-order valence-electron chi connectivity index (χ2n) is 6.73. The predicted octanol–water partition coefficient (Wildman–Crippen LogP) is 1.56. The van der Waals surface area contributed by atoms with Gasteiger partial charge in [-0.15, -0.1) is 0 Å². The van der Waals surface area contributed by atoms with E-state index in [9.17, 15) is 9.59 Å². The van der Waals surface area contributed by atoms with Gasteiger partial charge in [0.1, 0.15) is 0 Å². The number of amides is 3. The van der Waals surface area contributed by atoms with Crippen LogP contribution in [0.2, 0.25) is 0 Å². The average molecular weight is 330 g/mol. The standard InChI is InChI=1S/C18H26N4O2/c19-17(23)14-8-11-21(12-9-14)18(24)20-15-5-4-10-22(13-15)16-6-2-1-3-7-16/h1-3,6-7,14-15H,4-5,8-13H2,(H2,19,23)(H,20,24). The monoisotopic (exact) mass is 330 g/mol. The molecule has 130 valence electrons. The molecule has 0 radical (unpaired) electrons. The number of hydrogen-bond donors (Lipinski definition) is 2. The maximum absolute atomic E-state index is 12.5. The molecule has 3 amide bonds. The maximum Gasteiger partial charge on any atom is 0.317 e. The molecule has 2 heterocycles. The largest absolute Gasteiger partial charge is 0.369 e. The van der Waals surface area contributed by atoms with Crippen molar-refractivity contribution >= 4 is 17.6 Å². The zero-order chi connectivity index (χ0) is 16.9. The Morgan fingerprint density at radius 1 is 1.04 bits per heavy atom. The molecule has 2 aliphatic rings. The number of piperidine rings is 2. The van der Waals surface area contributed by atoms with Crippen molar-refractivity contribution < 1.29 is 9.59 Å². The highest BCUT2D eigenvalue weighted by Gasteiger charge is 2.28. The van der Waals surface area contributed by atoms with Crippen LogP contribution in [0.5, 0.6) is 0 Å². The molecule has 2 saturated heterocycles. The minimum atomic E-state index is -0.249. The van der Waals surface area contributed by atoms with E-state index in [1.807, 2.05) is 18.2 Å². The third-order valence-electron chi connectivity index (χ3n) is 5.05. The zero-order valence-electron chi connectivity index (χ0n) is 14.0. The molecule has 3 rings (SSSR count). The number of para-hydroxylation sites is 1. The topological polar surface area (TPSA) is 78.7 Å². The third kappa shape index (κ3) is 3.99. The van der Waals surface area contributed by atoms with Crippen LogP contribution in [0.4, 0.5) is 10.5 Å². The Hall–Kier alpha value is -2.24. The number of rotatable bonds is 3. The molecule has 0 spiro atoms. The smallest absolute Gasteiger partial charge is 0.317 e. The SMILES string of the molecule is NC(=O)C1CCN(C(=O)NC2CCCN(c3ccccc3)C2)CC1. The summed E-state index contributed by atoms with van der Waals surface area (Å²) < 4.78 is 0. The summed E-state index contributed by atoms with van der Waals surface area (Å²) in [4.78, 5) is 27.8. The molecule has 0 saturated carbocycles. The summed E-state index contributed by atoms with van der Waals surface area (Å²) in [5.74, 6) is -0.335. The lowest BCUT2D eigenvalue weighted by atomic mass is 9.96. The molecule has 1 aromatic rings. The van der Waals surface area contributed by atoms with Crippen LogP contribution in [0, 0.1) is 5.92 Å². The Morgan fingerprint density at radius 3 is 2.42 bits per heavy atom. The number of benzene rings is 1. The van der Waals surface area contributed by atoms with E-state index in [0.29, 0.717) is 25.9 Å². The number of nitrogens with two attached hydrogens (primary N) is 1. The fraction of sp³-hybridized carbons (Fsp3) is 0.556. The van der Waals surface area contributed by atoms with Crippen molar-refractivity contribution in [3.63, 3.8) is 0 Å². The Labute approximate surface area is 143 Å². The number of hydrogen-bond acceptors (Lipinski definition) is 3. The van der Waals surface area contributed by atoms with Crippen molar-refractivity contribution in [3.8, 4) is 0 Å². The number of nitrogens with zero attached hydrogens (tertiary/aromatic N) is 2. The third-order valence-corrected chi connectivity index (χ3v) is 5.05. The highest BCUT2D eigenvalue weighted by molar-refractivity contribution is 5.78. The summed E-state index contributed by atoms with van der Waals surface area (Å²) in [5.41, 5.74) is 6.55. The molecule has 2 fully saturated rings. The number of anilines is 1. The van der Waals surface area contributed by atoms with Gasteiger partial charge in [0, 0.05) is 43.8 Å². The fourth-order valence-corrected chi connectivity index (χ4v) is 3.60. The van der Waals surface area contributed by atoms with E-state index < -0.39 is 0 Å². The quantitative estimate of drug-likeness (QED) is 0.883. The zero-order valence-corrected chi connectivity index (χ0v) is 14.0. The van der Waals surface area contributed by atoms with Gasteiger partial charge < -0.3 is 20.9 Å². The van der Waals surface area contributed by atoms with Gasteiger partial charge in [-0.05, 0) is 37.8 Å². The summed E-state index contributed by atoms with van der Waals surface area (Å²) in [6.07, 6.45) is 3.42. The van der Waals surface area contributed by atoms with E-state index in [0.717, 1.165) is 25.9 Å². The van der Waals surface area contributed by atoms with Crippen LogP contribution in [-0.2, 0) is 4.79 Å². The molecule has 0 bridgehead atoms. The Bertz CT molecular complexity index is 570. The van der Waals surface area contributed by atoms with Gasteiger partial charge in [-0.25, -0.2) is 4.79 Å². The van der Waals surface area contributed by atoms with E-state index in [4.69, 9.17) is 5.73 Å². The van der Waals surface area contributed by atoms with Crippen LogP contribution >= 0.6 is 0 Å². The van der Waals surface area contributed by atoms with Crippen LogP contribution in [0.3, 0.4) is 0 Å².